The zero-order chi connectivity index (χ0) is 6.08. The molecule has 0 saturated carbocycles. The summed E-state index contributed by atoms with van der Waals surface area (Å²) in [6.07, 6.45) is 0. The Morgan fingerprint density at radius 2 is 1.50 bits per heavy atom. The SMILES string of the molecule is CC(C)C(N)(F)F.Cl. The number of nitrogens with two attached hydrogens (primary N) is 1. The van der Waals surface area contributed by atoms with E-state index >= 15 is 0 Å². The second-order valence-electron chi connectivity index (χ2n) is 1.83. The highest BCUT2D eigenvalue weighted by molar-refractivity contribution is 5.85. The largest absolute Gasteiger partial charge is 0.302 e. The Morgan fingerprint density at radius 3 is 1.50 bits per heavy atom. The van der Waals surface area contributed by atoms with Crippen LogP contribution in [0.1, 0.15) is 13.8 Å². The fourth-order valence-corrected chi connectivity index (χ4v) is 0. The molecule has 0 atom stereocenters. The van der Waals surface area contributed by atoms with Gasteiger partial charge in [0.2, 0.25) is 0 Å². The molecule has 0 aliphatic rings. The van der Waals surface area contributed by atoms with Crippen molar-refractivity contribution in [2.45, 2.75) is 19.9 Å². The maximum absolute atomic E-state index is 11.6. The molecule has 0 rings (SSSR count). The highest BCUT2D eigenvalue weighted by Crippen LogP contribution is 2.15. The van der Waals surface area contributed by atoms with Gasteiger partial charge in [-0.25, -0.2) is 0 Å². The lowest BCUT2D eigenvalue weighted by atomic mass is 10.2. The summed E-state index contributed by atoms with van der Waals surface area (Å²) in [4.78, 5) is 0. The highest BCUT2D eigenvalue weighted by Gasteiger charge is 2.26. The van der Waals surface area contributed by atoms with E-state index in [0.717, 1.165) is 0 Å². The Morgan fingerprint density at radius 1 is 1.38 bits per heavy atom. The fourth-order valence-electron chi connectivity index (χ4n) is 0. The van der Waals surface area contributed by atoms with Crippen molar-refractivity contribution < 1.29 is 8.78 Å². The van der Waals surface area contributed by atoms with Crippen LogP contribution in [-0.2, 0) is 0 Å². The van der Waals surface area contributed by atoms with Crippen molar-refractivity contribution in [2.75, 3.05) is 0 Å². The quantitative estimate of drug-likeness (QED) is 0.558. The average Bonchev–Trinajstić information content (AvgIpc) is 1.31. The van der Waals surface area contributed by atoms with Gasteiger partial charge in [0.25, 0.3) is 0 Å². The van der Waals surface area contributed by atoms with E-state index in [1.165, 1.54) is 13.8 Å². The predicted octanol–water partition coefficient (Wildman–Crippen LogP) is 1.62. The van der Waals surface area contributed by atoms with E-state index in [0.29, 0.717) is 0 Å². The van der Waals surface area contributed by atoms with Crippen molar-refractivity contribution >= 4 is 12.4 Å². The summed E-state index contributed by atoms with van der Waals surface area (Å²) in [7, 11) is 0. The first-order chi connectivity index (χ1) is 2.94. The molecule has 0 fully saturated rings. The normalized spacial score (nSPS) is 11.2. The van der Waals surface area contributed by atoms with Crippen molar-refractivity contribution in [1.82, 2.24) is 0 Å². The molecule has 0 aromatic rings. The van der Waals surface area contributed by atoms with Gasteiger partial charge in [0, 0.05) is 5.92 Å². The Hall–Kier alpha value is 0.110. The molecule has 2 N–H and O–H groups in total. The van der Waals surface area contributed by atoms with E-state index in [4.69, 9.17) is 0 Å². The fraction of sp³-hybridized carbons (Fsp3) is 1.00. The van der Waals surface area contributed by atoms with Crippen LogP contribution in [0.4, 0.5) is 8.78 Å². The highest BCUT2D eigenvalue weighted by atomic mass is 35.5. The topological polar surface area (TPSA) is 26.0 Å². The molecule has 8 heavy (non-hydrogen) atoms. The van der Waals surface area contributed by atoms with Gasteiger partial charge in [-0.3, -0.25) is 5.73 Å². The van der Waals surface area contributed by atoms with Gasteiger partial charge in [-0.15, -0.1) is 12.4 Å². The molecule has 0 radical (unpaired) electrons. The van der Waals surface area contributed by atoms with Gasteiger partial charge in [0.1, 0.15) is 0 Å². The molecule has 0 aliphatic heterocycles. The summed E-state index contributed by atoms with van der Waals surface area (Å²) in [5.41, 5.74) is 4.34. The molecule has 0 unspecified atom stereocenters. The van der Waals surface area contributed by atoms with Crippen molar-refractivity contribution in [3.63, 3.8) is 0 Å². The first-order valence-electron chi connectivity index (χ1n) is 2.11. The van der Waals surface area contributed by atoms with Crippen LogP contribution in [0.15, 0.2) is 0 Å². The van der Waals surface area contributed by atoms with E-state index < -0.39 is 12.0 Å². The summed E-state index contributed by atoms with van der Waals surface area (Å²) in [5, 5.41) is 0. The molecule has 0 aromatic heterocycles. The van der Waals surface area contributed by atoms with Crippen molar-refractivity contribution in [2.24, 2.45) is 11.7 Å². The smallest absolute Gasteiger partial charge is 0.272 e. The zero-order valence-electron chi connectivity index (χ0n) is 4.82. The number of hydrogen-bond donors (Lipinski definition) is 1. The van der Waals surface area contributed by atoms with Gasteiger partial charge in [0.05, 0.1) is 0 Å². The van der Waals surface area contributed by atoms with Gasteiger partial charge in [-0.2, -0.15) is 8.78 Å². The molecular weight excluding hydrogens is 136 g/mol. The van der Waals surface area contributed by atoms with Crippen LogP contribution in [0.25, 0.3) is 0 Å². The molecule has 0 spiro atoms. The van der Waals surface area contributed by atoms with Crippen LogP contribution in [0.2, 0.25) is 0 Å². The second-order valence-corrected chi connectivity index (χ2v) is 1.83. The lowest BCUT2D eigenvalue weighted by molar-refractivity contribution is -0.0381. The second kappa shape index (κ2) is 3.20. The number of halogens is 3. The minimum atomic E-state index is -3.00. The molecule has 1 nitrogen and oxygen atoms in total. The maximum Gasteiger partial charge on any atom is 0.302 e. The Kier molecular flexibility index (Phi) is 4.39. The lowest BCUT2D eigenvalue weighted by Gasteiger charge is -2.12. The lowest BCUT2D eigenvalue weighted by Crippen LogP contribution is -2.34. The summed E-state index contributed by atoms with van der Waals surface area (Å²) in [6.45, 7) is 2.75. The standard InChI is InChI=1S/C4H9F2N.ClH/c1-3(2)4(5,6)7;/h3H,7H2,1-2H3;1H. The van der Waals surface area contributed by atoms with Gasteiger partial charge in [0.15, 0.2) is 0 Å². The molecular formula is C4H10ClF2N. The van der Waals surface area contributed by atoms with Crippen LogP contribution in [0.3, 0.4) is 0 Å². The average molecular weight is 146 g/mol. The number of rotatable bonds is 1. The van der Waals surface area contributed by atoms with Crippen LogP contribution in [-0.4, -0.2) is 6.05 Å². The Bertz CT molecular complexity index is 59.5. The zero-order valence-corrected chi connectivity index (χ0v) is 5.64. The molecule has 0 aromatic carbocycles. The minimum Gasteiger partial charge on any atom is -0.272 e. The van der Waals surface area contributed by atoms with Crippen LogP contribution in [0.5, 0.6) is 0 Å². The molecule has 0 aliphatic carbocycles. The van der Waals surface area contributed by atoms with E-state index in [2.05, 4.69) is 5.73 Å². The molecule has 0 amide bonds. The van der Waals surface area contributed by atoms with Gasteiger partial charge < -0.3 is 0 Å². The third-order valence-electron chi connectivity index (χ3n) is 0.770. The van der Waals surface area contributed by atoms with Crippen LogP contribution >= 0.6 is 12.4 Å². The van der Waals surface area contributed by atoms with Gasteiger partial charge >= 0.3 is 6.05 Å². The molecule has 0 heterocycles. The summed E-state index contributed by atoms with van der Waals surface area (Å²) in [5.74, 6) is -0.757. The first-order valence-corrected chi connectivity index (χ1v) is 2.11. The van der Waals surface area contributed by atoms with Gasteiger partial charge in [-0.05, 0) is 0 Å². The first kappa shape index (κ1) is 11.0. The Labute approximate surface area is 53.7 Å². The van der Waals surface area contributed by atoms with Crippen LogP contribution < -0.4 is 5.73 Å². The summed E-state index contributed by atoms with van der Waals surface area (Å²) in [6, 6.07) is -3.00. The summed E-state index contributed by atoms with van der Waals surface area (Å²) < 4.78 is 23.2. The van der Waals surface area contributed by atoms with Crippen molar-refractivity contribution in [3.05, 3.63) is 0 Å². The summed E-state index contributed by atoms with van der Waals surface area (Å²) >= 11 is 0. The third-order valence-corrected chi connectivity index (χ3v) is 0.770. The third kappa shape index (κ3) is 4.27. The molecule has 52 valence electrons. The van der Waals surface area contributed by atoms with E-state index in [-0.39, 0.29) is 12.4 Å². The van der Waals surface area contributed by atoms with E-state index in [1.807, 2.05) is 0 Å². The number of hydrogen-bond acceptors (Lipinski definition) is 1. The Balaban J connectivity index is 0. The van der Waals surface area contributed by atoms with Crippen molar-refractivity contribution in [3.8, 4) is 0 Å². The predicted molar refractivity (Wildman–Crippen MR) is 31.2 cm³/mol. The van der Waals surface area contributed by atoms with Gasteiger partial charge in [-0.1, -0.05) is 13.8 Å². The number of alkyl halides is 2. The van der Waals surface area contributed by atoms with E-state index in [9.17, 15) is 8.78 Å². The monoisotopic (exact) mass is 145 g/mol. The maximum atomic E-state index is 11.6. The van der Waals surface area contributed by atoms with Crippen molar-refractivity contribution in [1.29, 1.82) is 0 Å². The van der Waals surface area contributed by atoms with Crippen LogP contribution in [0, 0.1) is 5.92 Å². The molecule has 4 heteroatoms. The molecule has 0 bridgehead atoms. The minimum absolute atomic E-state index is 0. The van der Waals surface area contributed by atoms with E-state index in [1.54, 1.807) is 0 Å². The molecule has 0 saturated heterocycles.